The average molecular weight is 169 g/mol. The fourth-order valence-electron chi connectivity index (χ4n) is 2.34. The van der Waals surface area contributed by atoms with Crippen LogP contribution in [0.25, 0.3) is 0 Å². The first-order valence-corrected chi connectivity index (χ1v) is 4.72. The predicted octanol–water partition coefficient (Wildman–Crippen LogP) is 1.93. The van der Waals surface area contributed by atoms with Crippen LogP contribution in [0.4, 0.5) is 0 Å². The molecule has 0 aromatic heterocycles. The van der Waals surface area contributed by atoms with E-state index >= 15 is 0 Å². The molecule has 2 atom stereocenters. The molecule has 70 valence electrons. The van der Waals surface area contributed by atoms with Gasteiger partial charge in [-0.05, 0) is 24.2 Å². The molecule has 0 heterocycles. The summed E-state index contributed by atoms with van der Waals surface area (Å²) in [5, 5.41) is 0. The van der Waals surface area contributed by atoms with Gasteiger partial charge in [0, 0.05) is 5.92 Å². The minimum Gasteiger partial charge on any atom is -0.369 e. The molecule has 1 aliphatic carbocycles. The molecule has 0 bridgehead atoms. The van der Waals surface area contributed by atoms with Crippen LogP contribution in [0.15, 0.2) is 0 Å². The molecule has 0 aliphatic heterocycles. The molecule has 0 aromatic carbocycles. The highest BCUT2D eigenvalue weighted by Crippen LogP contribution is 2.43. The highest BCUT2D eigenvalue weighted by molar-refractivity contribution is 5.77. The number of hydrogen-bond acceptors (Lipinski definition) is 1. The Labute approximate surface area is 74.5 Å². The van der Waals surface area contributed by atoms with Crippen molar-refractivity contribution in [3.63, 3.8) is 0 Å². The van der Waals surface area contributed by atoms with Crippen LogP contribution in [-0.4, -0.2) is 5.91 Å². The molecule has 0 radical (unpaired) electrons. The molecular weight excluding hydrogens is 150 g/mol. The Morgan fingerprint density at radius 2 is 1.92 bits per heavy atom. The third-order valence-corrected chi connectivity index (χ3v) is 2.99. The first kappa shape index (κ1) is 9.56. The van der Waals surface area contributed by atoms with Crippen molar-refractivity contribution in [1.29, 1.82) is 0 Å². The second kappa shape index (κ2) is 3.08. The van der Waals surface area contributed by atoms with Crippen molar-refractivity contribution in [3.05, 3.63) is 0 Å². The van der Waals surface area contributed by atoms with Gasteiger partial charge in [-0.3, -0.25) is 4.79 Å². The Morgan fingerprint density at radius 1 is 1.33 bits per heavy atom. The first-order chi connectivity index (χ1) is 5.43. The second-order valence-electron chi connectivity index (χ2n) is 4.91. The average Bonchev–Trinajstić information content (AvgIpc) is 2.30. The van der Waals surface area contributed by atoms with Crippen LogP contribution >= 0.6 is 0 Å². The minimum absolute atomic E-state index is 0.104. The fraction of sp³-hybridized carbons (Fsp3) is 0.900. The maximum Gasteiger partial charge on any atom is 0.220 e. The highest BCUT2D eigenvalue weighted by atomic mass is 16.1. The fourth-order valence-corrected chi connectivity index (χ4v) is 2.34. The van der Waals surface area contributed by atoms with Gasteiger partial charge < -0.3 is 5.73 Å². The van der Waals surface area contributed by atoms with Gasteiger partial charge in [-0.1, -0.05) is 27.2 Å². The third kappa shape index (κ3) is 1.79. The van der Waals surface area contributed by atoms with E-state index in [0.29, 0.717) is 5.92 Å². The molecular formula is C10H19NO. The van der Waals surface area contributed by atoms with Crippen molar-refractivity contribution in [2.45, 2.75) is 40.0 Å². The maximum atomic E-state index is 11.1. The van der Waals surface area contributed by atoms with Crippen LogP contribution in [0.2, 0.25) is 0 Å². The first-order valence-electron chi connectivity index (χ1n) is 4.72. The van der Waals surface area contributed by atoms with Crippen LogP contribution in [-0.2, 0) is 4.79 Å². The summed E-state index contributed by atoms with van der Waals surface area (Å²) >= 11 is 0. The minimum atomic E-state index is -0.104. The molecule has 0 spiro atoms. The van der Waals surface area contributed by atoms with E-state index < -0.39 is 0 Å². The third-order valence-electron chi connectivity index (χ3n) is 2.99. The van der Waals surface area contributed by atoms with E-state index in [1.54, 1.807) is 0 Å². The molecule has 2 N–H and O–H groups in total. The number of carbonyl (C=O) groups excluding carboxylic acids is 1. The Hall–Kier alpha value is -0.530. The van der Waals surface area contributed by atoms with E-state index in [2.05, 4.69) is 20.8 Å². The number of nitrogens with two attached hydrogens (primary N) is 1. The maximum absolute atomic E-state index is 11.1. The van der Waals surface area contributed by atoms with E-state index in [1.807, 2.05) is 0 Å². The van der Waals surface area contributed by atoms with Crippen LogP contribution in [0.1, 0.15) is 40.0 Å². The molecule has 1 rings (SSSR count). The Morgan fingerprint density at radius 3 is 2.25 bits per heavy atom. The van der Waals surface area contributed by atoms with Crippen molar-refractivity contribution in [2.24, 2.45) is 23.0 Å². The molecule has 0 aromatic rings. The molecule has 1 fully saturated rings. The van der Waals surface area contributed by atoms with Crippen molar-refractivity contribution in [3.8, 4) is 0 Å². The molecule has 0 saturated heterocycles. The summed E-state index contributed by atoms with van der Waals surface area (Å²) in [6.45, 7) is 6.58. The molecule has 1 aliphatic rings. The zero-order chi connectivity index (χ0) is 9.35. The van der Waals surface area contributed by atoms with Crippen molar-refractivity contribution in [2.75, 3.05) is 0 Å². The molecule has 12 heavy (non-hydrogen) atoms. The van der Waals surface area contributed by atoms with Crippen LogP contribution < -0.4 is 5.73 Å². The Bertz CT molecular complexity index is 181. The quantitative estimate of drug-likeness (QED) is 0.640. The normalized spacial score (nSPS) is 30.6. The van der Waals surface area contributed by atoms with Crippen LogP contribution in [0.3, 0.4) is 0 Å². The zero-order valence-electron chi connectivity index (χ0n) is 8.26. The summed E-state index contributed by atoms with van der Waals surface area (Å²) in [7, 11) is 0. The predicted molar refractivity (Wildman–Crippen MR) is 49.5 cm³/mol. The summed E-state index contributed by atoms with van der Waals surface area (Å²) in [6.07, 6.45) is 3.32. The summed E-state index contributed by atoms with van der Waals surface area (Å²) in [6, 6.07) is 0. The molecule has 2 nitrogen and oxygen atoms in total. The van der Waals surface area contributed by atoms with Crippen LogP contribution in [0.5, 0.6) is 0 Å². The van der Waals surface area contributed by atoms with Gasteiger partial charge in [-0.2, -0.15) is 0 Å². The van der Waals surface area contributed by atoms with Gasteiger partial charge in [0.2, 0.25) is 5.91 Å². The summed E-state index contributed by atoms with van der Waals surface area (Å²) in [5.41, 5.74) is 5.58. The zero-order valence-corrected chi connectivity index (χ0v) is 8.26. The lowest BCUT2D eigenvalue weighted by Crippen LogP contribution is -2.33. The van der Waals surface area contributed by atoms with Gasteiger partial charge in [0.25, 0.3) is 0 Å². The highest BCUT2D eigenvalue weighted by Gasteiger charge is 2.38. The van der Waals surface area contributed by atoms with E-state index in [4.69, 9.17) is 5.73 Å². The van der Waals surface area contributed by atoms with E-state index in [-0.39, 0.29) is 17.2 Å². The lowest BCUT2D eigenvalue weighted by atomic mass is 9.74. The lowest BCUT2D eigenvalue weighted by molar-refractivity contribution is -0.124. The van der Waals surface area contributed by atoms with E-state index in [9.17, 15) is 4.79 Å². The van der Waals surface area contributed by atoms with Gasteiger partial charge in [0.15, 0.2) is 0 Å². The number of carbonyl (C=O) groups is 1. The smallest absolute Gasteiger partial charge is 0.220 e. The lowest BCUT2D eigenvalue weighted by Gasteiger charge is -2.30. The summed E-state index contributed by atoms with van der Waals surface area (Å²) in [5.74, 6) is 0.521. The van der Waals surface area contributed by atoms with Gasteiger partial charge in [0.05, 0.1) is 0 Å². The SMILES string of the molecule is CC(C)(C)C1CCCC1C(N)=O. The molecule has 2 heteroatoms. The standard InChI is InChI=1S/C10H19NO/c1-10(2,3)8-6-4-5-7(8)9(11)12/h7-8H,4-6H2,1-3H3,(H2,11,12). The second-order valence-corrected chi connectivity index (χ2v) is 4.91. The van der Waals surface area contributed by atoms with Gasteiger partial charge >= 0.3 is 0 Å². The van der Waals surface area contributed by atoms with Crippen molar-refractivity contribution in [1.82, 2.24) is 0 Å². The molecule has 1 amide bonds. The number of rotatable bonds is 1. The van der Waals surface area contributed by atoms with Crippen LogP contribution in [0, 0.1) is 17.3 Å². The van der Waals surface area contributed by atoms with Gasteiger partial charge in [-0.25, -0.2) is 0 Å². The Balaban J connectivity index is 2.71. The van der Waals surface area contributed by atoms with Gasteiger partial charge in [-0.15, -0.1) is 0 Å². The van der Waals surface area contributed by atoms with E-state index in [0.717, 1.165) is 19.3 Å². The van der Waals surface area contributed by atoms with Gasteiger partial charge in [0.1, 0.15) is 0 Å². The number of hydrogen-bond donors (Lipinski definition) is 1. The Kier molecular flexibility index (Phi) is 2.45. The molecule has 1 saturated carbocycles. The summed E-state index contributed by atoms with van der Waals surface area (Å²) in [4.78, 5) is 11.1. The number of amides is 1. The summed E-state index contributed by atoms with van der Waals surface area (Å²) < 4.78 is 0. The van der Waals surface area contributed by atoms with Crippen molar-refractivity contribution >= 4 is 5.91 Å². The topological polar surface area (TPSA) is 43.1 Å². The largest absolute Gasteiger partial charge is 0.369 e. The van der Waals surface area contributed by atoms with E-state index in [1.165, 1.54) is 0 Å². The number of primary amides is 1. The molecule has 2 unspecified atom stereocenters. The van der Waals surface area contributed by atoms with Crippen molar-refractivity contribution < 1.29 is 4.79 Å². The monoisotopic (exact) mass is 169 g/mol.